The SMILES string of the molecule is Nc1c(-c2ccccn2)nc2c(F)cccn12. The first-order valence-corrected chi connectivity index (χ1v) is 5.11. The van der Waals surface area contributed by atoms with Gasteiger partial charge in [-0.05, 0) is 24.3 Å². The van der Waals surface area contributed by atoms with Crippen LogP contribution in [0.2, 0.25) is 0 Å². The number of anilines is 1. The van der Waals surface area contributed by atoms with E-state index in [9.17, 15) is 4.39 Å². The zero-order chi connectivity index (χ0) is 11.8. The fraction of sp³-hybridized carbons (Fsp3) is 0. The first-order chi connectivity index (χ1) is 8.27. The molecule has 0 atom stereocenters. The highest BCUT2D eigenvalue weighted by molar-refractivity contribution is 5.72. The van der Waals surface area contributed by atoms with Gasteiger partial charge in [-0.25, -0.2) is 9.37 Å². The number of aromatic nitrogens is 3. The predicted octanol–water partition coefficient (Wildman–Crippen LogP) is 2.12. The standard InChI is InChI=1S/C12H9FN4/c13-8-4-3-7-17-11(14)10(16-12(8)17)9-5-1-2-6-15-9/h1-7H,14H2. The van der Waals surface area contributed by atoms with Crippen molar-refractivity contribution in [2.45, 2.75) is 0 Å². The predicted molar refractivity (Wildman–Crippen MR) is 62.8 cm³/mol. The summed E-state index contributed by atoms with van der Waals surface area (Å²) in [4.78, 5) is 8.34. The number of nitrogens with two attached hydrogens (primary N) is 1. The average molecular weight is 228 g/mol. The first-order valence-electron chi connectivity index (χ1n) is 5.11. The van der Waals surface area contributed by atoms with Gasteiger partial charge in [-0.15, -0.1) is 0 Å². The summed E-state index contributed by atoms with van der Waals surface area (Å²) >= 11 is 0. The van der Waals surface area contributed by atoms with E-state index in [0.29, 0.717) is 17.2 Å². The van der Waals surface area contributed by atoms with E-state index in [1.807, 2.05) is 6.07 Å². The van der Waals surface area contributed by atoms with Gasteiger partial charge in [-0.1, -0.05) is 6.07 Å². The first kappa shape index (κ1) is 9.77. The Hall–Kier alpha value is -2.43. The lowest BCUT2D eigenvalue weighted by atomic mass is 10.3. The van der Waals surface area contributed by atoms with Gasteiger partial charge in [0.25, 0.3) is 0 Å². The molecule has 0 aliphatic carbocycles. The highest BCUT2D eigenvalue weighted by Gasteiger charge is 2.13. The number of pyridine rings is 2. The lowest BCUT2D eigenvalue weighted by Crippen LogP contribution is -1.95. The van der Waals surface area contributed by atoms with Gasteiger partial charge < -0.3 is 5.73 Å². The summed E-state index contributed by atoms with van der Waals surface area (Å²) in [6, 6.07) is 8.36. The third-order valence-electron chi connectivity index (χ3n) is 2.55. The Morgan fingerprint density at radius 2 is 2.06 bits per heavy atom. The Morgan fingerprint density at radius 3 is 2.76 bits per heavy atom. The number of halogens is 1. The number of imidazole rings is 1. The quantitative estimate of drug-likeness (QED) is 0.694. The Bertz CT molecular complexity index is 676. The smallest absolute Gasteiger partial charge is 0.175 e. The van der Waals surface area contributed by atoms with Crippen molar-refractivity contribution in [3.8, 4) is 11.4 Å². The third-order valence-corrected chi connectivity index (χ3v) is 2.55. The van der Waals surface area contributed by atoms with E-state index in [0.717, 1.165) is 0 Å². The van der Waals surface area contributed by atoms with Gasteiger partial charge in [0.2, 0.25) is 0 Å². The van der Waals surface area contributed by atoms with Crippen molar-refractivity contribution in [1.82, 2.24) is 14.4 Å². The maximum atomic E-state index is 13.5. The van der Waals surface area contributed by atoms with Crippen LogP contribution in [0.25, 0.3) is 17.0 Å². The van der Waals surface area contributed by atoms with Gasteiger partial charge in [-0.3, -0.25) is 9.38 Å². The summed E-state index contributed by atoms with van der Waals surface area (Å²) in [5.74, 6) is -0.0143. The zero-order valence-electron chi connectivity index (χ0n) is 8.84. The summed E-state index contributed by atoms with van der Waals surface area (Å²) in [6.07, 6.45) is 3.32. The normalized spacial score (nSPS) is 10.9. The zero-order valence-corrected chi connectivity index (χ0v) is 8.84. The number of nitrogen functional groups attached to an aromatic ring is 1. The van der Waals surface area contributed by atoms with E-state index >= 15 is 0 Å². The van der Waals surface area contributed by atoms with Gasteiger partial charge in [0, 0.05) is 12.4 Å². The van der Waals surface area contributed by atoms with Gasteiger partial charge in [0.05, 0.1) is 5.69 Å². The summed E-state index contributed by atoms with van der Waals surface area (Å²) in [7, 11) is 0. The van der Waals surface area contributed by atoms with Crippen molar-refractivity contribution in [1.29, 1.82) is 0 Å². The maximum absolute atomic E-state index is 13.5. The second-order valence-electron chi connectivity index (χ2n) is 3.61. The molecule has 0 spiro atoms. The van der Waals surface area contributed by atoms with E-state index in [-0.39, 0.29) is 5.65 Å². The van der Waals surface area contributed by atoms with Gasteiger partial charge >= 0.3 is 0 Å². The molecule has 0 aliphatic heterocycles. The molecular weight excluding hydrogens is 219 g/mol. The van der Waals surface area contributed by atoms with Crippen LogP contribution >= 0.6 is 0 Å². The molecule has 3 aromatic heterocycles. The number of hydrogen-bond donors (Lipinski definition) is 1. The molecule has 3 heterocycles. The van der Waals surface area contributed by atoms with Crippen molar-refractivity contribution in [2.75, 3.05) is 5.73 Å². The Labute approximate surface area is 96.6 Å². The van der Waals surface area contributed by atoms with Crippen LogP contribution in [0.4, 0.5) is 10.2 Å². The van der Waals surface area contributed by atoms with Crippen LogP contribution in [0.3, 0.4) is 0 Å². The van der Waals surface area contributed by atoms with Crippen LogP contribution < -0.4 is 5.73 Å². The third kappa shape index (κ3) is 1.44. The Balaban J connectivity index is 2.32. The van der Waals surface area contributed by atoms with Crippen LogP contribution in [0.1, 0.15) is 0 Å². The summed E-state index contributed by atoms with van der Waals surface area (Å²) < 4.78 is 15.0. The highest BCUT2D eigenvalue weighted by atomic mass is 19.1. The van der Waals surface area contributed by atoms with Crippen LogP contribution in [-0.4, -0.2) is 14.4 Å². The lowest BCUT2D eigenvalue weighted by molar-refractivity contribution is 0.630. The van der Waals surface area contributed by atoms with Gasteiger partial charge in [0.1, 0.15) is 11.5 Å². The molecule has 0 unspecified atom stereocenters. The number of nitrogens with zero attached hydrogens (tertiary/aromatic N) is 3. The second kappa shape index (κ2) is 3.55. The number of fused-ring (bicyclic) bond motifs is 1. The molecular formula is C12H9FN4. The van der Waals surface area contributed by atoms with E-state index in [2.05, 4.69) is 9.97 Å². The molecule has 3 aromatic rings. The molecule has 0 fully saturated rings. The van der Waals surface area contributed by atoms with Crippen LogP contribution in [0, 0.1) is 5.82 Å². The van der Waals surface area contributed by atoms with E-state index in [4.69, 9.17) is 5.73 Å². The van der Waals surface area contributed by atoms with Crippen molar-refractivity contribution < 1.29 is 4.39 Å². The summed E-state index contributed by atoms with van der Waals surface area (Å²) in [5, 5.41) is 0. The minimum atomic E-state index is -0.401. The maximum Gasteiger partial charge on any atom is 0.175 e. The van der Waals surface area contributed by atoms with Crippen molar-refractivity contribution in [2.24, 2.45) is 0 Å². The number of hydrogen-bond acceptors (Lipinski definition) is 3. The molecule has 0 aliphatic rings. The molecule has 0 radical (unpaired) electrons. The topological polar surface area (TPSA) is 56.2 Å². The Kier molecular flexibility index (Phi) is 2.04. The second-order valence-corrected chi connectivity index (χ2v) is 3.61. The minimum Gasteiger partial charge on any atom is -0.383 e. The summed E-state index contributed by atoms with van der Waals surface area (Å²) in [5.41, 5.74) is 7.28. The van der Waals surface area contributed by atoms with Crippen molar-refractivity contribution >= 4 is 11.5 Å². The minimum absolute atomic E-state index is 0.214. The van der Waals surface area contributed by atoms with E-state index < -0.39 is 5.82 Å². The fourth-order valence-electron chi connectivity index (χ4n) is 1.74. The molecule has 17 heavy (non-hydrogen) atoms. The molecule has 4 nitrogen and oxygen atoms in total. The summed E-state index contributed by atoms with van der Waals surface area (Å²) in [6.45, 7) is 0. The largest absolute Gasteiger partial charge is 0.383 e. The van der Waals surface area contributed by atoms with Crippen molar-refractivity contribution in [3.63, 3.8) is 0 Å². The molecule has 0 saturated heterocycles. The molecule has 2 N–H and O–H groups in total. The highest BCUT2D eigenvalue weighted by Crippen LogP contribution is 2.25. The van der Waals surface area contributed by atoms with Crippen molar-refractivity contribution in [3.05, 3.63) is 48.5 Å². The molecule has 5 heteroatoms. The van der Waals surface area contributed by atoms with E-state index in [1.165, 1.54) is 10.5 Å². The molecule has 84 valence electrons. The molecule has 3 rings (SSSR count). The van der Waals surface area contributed by atoms with Crippen LogP contribution in [0.15, 0.2) is 42.7 Å². The Morgan fingerprint density at radius 1 is 1.18 bits per heavy atom. The number of rotatable bonds is 1. The van der Waals surface area contributed by atoms with Crippen LogP contribution in [-0.2, 0) is 0 Å². The van der Waals surface area contributed by atoms with E-state index in [1.54, 1.807) is 30.6 Å². The van der Waals surface area contributed by atoms with Gasteiger partial charge in [0.15, 0.2) is 11.5 Å². The lowest BCUT2D eigenvalue weighted by Gasteiger charge is -1.97. The molecule has 0 aromatic carbocycles. The molecule has 0 saturated carbocycles. The molecule has 0 amide bonds. The van der Waals surface area contributed by atoms with Gasteiger partial charge in [-0.2, -0.15) is 0 Å². The van der Waals surface area contributed by atoms with Crippen LogP contribution in [0.5, 0.6) is 0 Å². The monoisotopic (exact) mass is 228 g/mol. The average Bonchev–Trinajstić information content (AvgIpc) is 2.70. The fourth-order valence-corrected chi connectivity index (χ4v) is 1.74. The molecule has 0 bridgehead atoms.